The average molecular weight is 476 g/mol. The number of benzene rings is 2. The lowest BCUT2D eigenvalue weighted by Gasteiger charge is -2.25. The number of esters is 1. The zero-order valence-electron chi connectivity index (χ0n) is 17.3. The Kier molecular flexibility index (Phi) is 8.34. The highest BCUT2D eigenvalue weighted by Crippen LogP contribution is 2.28. The normalized spacial score (nSPS) is 11.5. The molecule has 0 aliphatic rings. The first kappa shape index (κ1) is 24.8. The van der Waals surface area contributed by atoms with Crippen LogP contribution in [-0.2, 0) is 19.2 Å². The summed E-state index contributed by atoms with van der Waals surface area (Å²) < 4.78 is 5.78. The van der Waals surface area contributed by atoms with Crippen molar-refractivity contribution in [2.45, 2.75) is 25.6 Å². The number of halogens is 1. The molecule has 0 unspecified atom stereocenters. The number of hydrogen-bond acceptors (Lipinski definition) is 8. The molecule has 10 heteroatoms. The van der Waals surface area contributed by atoms with Gasteiger partial charge in [0.2, 0.25) is 11.3 Å². The number of carbonyl (C=O) groups is 2. The van der Waals surface area contributed by atoms with Crippen molar-refractivity contribution in [3.8, 4) is 0 Å². The zero-order chi connectivity index (χ0) is 22.4. The Balaban J connectivity index is 0.00000363. The molecule has 3 rings (SSSR count). The molecule has 3 N–H and O–H groups in total. The smallest absolute Gasteiger partial charge is 0.360 e. The number of oxime groups is 1. The van der Waals surface area contributed by atoms with Gasteiger partial charge in [-0.1, -0.05) is 65.8 Å². The average Bonchev–Trinajstić information content (AvgIpc) is 3.18. The monoisotopic (exact) mass is 475 g/mol. The maximum atomic E-state index is 12.9. The first-order valence-corrected chi connectivity index (χ1v) is 10.2. The summed E-state index contributed by atoms with van der Waals surface area (Å²) >= 11 is 1.07. The predicted molar refractivity (Wildman–Crippen MR) is 124 cm³/mol. The second kappa shape index (κ2) is 10.7. The van der Waals surface area contributed by atoms with E-state index in [2.05, 4.69) is 10.1 Å². The van der Waals surface area contributed by atoms with Gasteiger partial charge in [-0.3, -0.25) is 0 Å². The summed E-state index contributed by atoms with van der Waals surface area (Å²) in [6, 6.07) is 18.6. The largest absolute Gasteiger partial charge is 0.476 e. The molecule has 0 fully saturated rings. The van der Waals surface area contributed by atoms with E-state index in [1.165, 1.54) is 19.2 Å². The Bertz CT molecular complexity index is 1050. The number of thiazole rings is 1. The first-order valence-electron chi connectivity index (χ1n) is 9.30. The van der Waals surface area contributed by atoms with Crippen molar-refractivity contribution in [2.24, 2.45) is 5.16 Å². The third-order valence-corrected chi connectivity index (χ3v) is 4.93. The molecule has 0 saturated heterocycles. The minimum Gasteiger partial charge on any atom is -0.476 e. The molecule has 0 radical (unpaired) electrons. The number of aromatic nitrogens is 1. The fraction of sp³-hybridized carbons (Fsp3) is 0.182. The minimum absolute atomic E-state index is 0. The Hall–Kier alpha value is -3.43. The molecule has 0 aliphatic carbocycles. The van der Waals surface area contributed by atoms with Crippen LogP contribution in [0.2, 0.25) is 0 Å². The number of carbonyl (C=O) groups excluding carboxylic acids is 1. The lowest BCUT2D eigenvalue weighted by molar-refractivity contribution is -0.172. The molecule has 0 aliphatic heterocycles. The number of ether oxygens (including phenoxy) is 1. The van der Waals surface area contributed by atoms with E-state index in [4.69, 9.17) is 15.3 Å². The molecule has 0 spiro atoms. The van der Waals surface area contributed by atoms with Gasteiger partial charge in [0.15, 0.2) is 11.2 Å². The molecule has 0 amide bonds. The number of carboxylic acids is 1. The van der Waals surface area contributed by atoms with E-state index >= 15 is 0 Å². The molecule has 0 saturated carbocycles. The van der Waals surface area contributed by atoms with Crippen molar-refractivity contribution in [2.75, 3.05) is 5.73 Å². The summed E-state index contributed by atoms with van der Waals surface area (Å²) in [5.41, 5.74) is 5.14. The zero-order valence-corrected chi connectivity index (χ0v) is 18.9. The number of hydrogen-bond donors (Lipinski definition) is 2. The molecular weight excluding hydrogens is 454 g/mol. The van der Waals surface area contributed by atoms with Gasteiger partial charge in [-0.2, -0.15) is 0 Å². The van der Waals surface area contributed by atoms with E-state index in [0.717, 1.165) is 22.5 Å². The number of carboxylic acid groups (broad SMARTS) is 1. The fourth-order valence-electron chi connectivity index (χ4n) is 2.62. The van der Waals surface area contributed by atoms with Crippen molar-refractivity contribution >= 4 is 46.5 Å². The minimum atomic E-state index is -1.57. The van der Waals surface area contributed by atoms with Crippen LogP contribution in [0, 0.1) is 0 Å². The van der Waals surface area contributed by atoms with Crippen LogP contribution >= 0.6 is 23.7 Å². The maximum absolute atomic E-state index is 12.9. The van der Waals surface area contributed by atoms with Crippen LogP contribution in [0.1, 0.15) is 36.8 Å². The summed E-state index contributed by atoms with van der Waals surface area (Å²) in [6.45, 7) is 2.89. The van der Waals surface area contributed by atoms with E-state index in [-0.39, 0.29) is 23.2 Å². The van der Waals surface area contributed by atoms with Crippen molar-refractivity contribution in [3.05, 3.63) is 82.9 Å². The Morgan fingerprint density at radius 1 is 1.06 bits per heavy atom. The highest BCUT2D eigenvalue weighted by Gasteiger charge is 2.36. The molecule has 168 valence electrons. The van der Waals surface area contributed by atoms with Gasteiger partial charge in [-0.05, 0) is 25.0 Å². The lowest BCUT2D eigenvalue weighted by Crippen LogP contribution is -2.37. The number of rotatable bonds is 8. The Morgan fingerprint density at radius 2 is 1.59 bits per heavy atom. The quantitative estimate of drug-likeness (QED) is 0.286. The van der Waals surface area contributed by atoms with Crippen LogP contribution < -0.4 is 5.73 Å². The van der Waals surface area contributed by atoms with Crippen molar-refractivity contribution < 1.29 is 24.3 Å². The maximum Gasteiger partial charge on any atom is 0.360 e. The molecule has 1 aromatic heterocycles. The van der Waals surface area contributed by atoms with E-state index in [1.54, 1.807) is 0 Å². The predicted octanol–water partition coefficient (Wildman–Crippen LogP) is 4.06. The second-order valence-corrected chi connectivity index (χ2v) is 7.91. The number of nitrogens with zero attached hydrogens (tertiary/aromatic N) is 2. The molecule has 0 atom stereocenters. The van der Waals surface area contributed by atoms with Gasteiger partial charge in [0, 0.05) is 5.38 Å². The van der Waals surface area contributed by atoms with Gasteiger partial charge in [0.05, 0.1) is 0 Å². The SMILES string of the molecule is CC(C)(ON=C(C(=O)O)c1csc(N)n1)C(=O)OC(c1ccccc1)c1ccccc1.Cl. The van der Waals surface area contributed by atoms with Crippen LogP contribution in [-0.4, -0.2) is 33.3 Å². The van der Waals surface area contributed by atoms with Gasteiger partial charge in [-0.25, -0.2) is 14.6 Å². The van der Waals surface area contributed by atoms with Gasteiger partial charge >= 0.3 is 11.9 Å². The number of aliphatic carboxylic acids is 1. The third kappa shape index (κ3) is 6.05. The standard InChI is InChI=1S/C22H21N3O5S.ClH/c1-22(2,30-25-17(19(26)27)16-13-31-21(23)24-16)20(28)29-18(14-9-5-3-6-10-14)15-11-7-4-8-12-15;/h3-13,18H,1-2H3,(H2,23,24)(H,26,27);1H. The summed E-state index contributed by atoms with van der Waals surface area (Å²) in [4.78, 5) is 33.7. The fourth-order valence-corrected chi connectivity index (χ4v) is 3.17. The molecule has 2 aromatic carbocycles. The summed E-state index contributed by atoms with van der Waals surface area (Å²) in [5.74, 6) is -2.07. The van der Waals surface area contributed by atoms with Gasteiger partial charge in [0.25, 0.3) is 0 Å². The third-order valence-electron chi connectivity index (χ3n) is 4.25. The van der Waals surface area contributed by atoms with E-state index in [0.29, 0.717) is 0 Å². The van der Waals surface area contributed by atoms with E-state index in [1.807, 2.05) is 60.7 Å². The van der Waals surface area contributed by atoms with E-state index in [9.17, 15) is 14.7 Å². The topological polar surface area (TPSA) is 124 Å². The molecule has 32 heavy (non-hydrogen) atoms. The molecule has 8 nitrogen and oxygen atoms in total. The number of nitrogens with two attached hydrogens (primary N) is 1. The van der Waals surface area contributed by atoms with Crippen molar-refractivity contribution in [1.29, 1.82) is 0 Å². The van der Waals surface area contributed by atoms with E-state index < -0.39 is 29.4 Å². The van der Waals surface area contributed by atoms with Crippen LogP contribution in [0.3, 0.4) is 0 Å². The molecular formula is C22H22ClN3O5S. The lowest BCUT2D eigenvalue weighted by atomic mass is 10.0. The van der Waals surface area contributed by atoms with Gasteiger partial charge < -0.3 is 20.4 Å². The highest BCUT2D eigenvalue weighted by molar-refractivity contribution is 7.13. The highest BCUT2D eigenvalue weighted by atomic mass is 35.5. The van der Waals surface area contributed by atoms with Crippen LogP contribution in [0.5, 0.6) is 0 Å². The van der Waals surface area contributed by atoms with Crippen LogP contribution in [0.4, 0.5) is 5.13 Å². The Morgan fingerprint density at radius 3 is 2.03 bits per heavy atom. The first-order chi connectivity index (χ1) is 14.8. The van der Waals surface area contributed by atoms with Gasteiger partial charge in [0.1, 0.15) is 5.69 Å². The van der Waals surface area contributed by atoms with Crippen LogP contribution in [0.25, 0.3) is 0 Å². The second-order valence-electron chi connectivity index (χ2n) is 7.02. The Labute approximate surface area is 195 Å². The van der Waals surface area contributed by atoms with Crippen LogP contribution in [0.15, 0.2) is 71.2 Å². The molecule has 3 aromatic rings. The van der Waals surface area contributed by atoms with Gasteiger partial charge in [-0.15, -0.1) is 23.7 Å². The van der Waals surface area contributed by atoms with Crippen molar-refractivity contribution in [3.63, 3.8) is 0 Å². The summed E-state index contributed by atoms with van der Waals surface area (Å²) in [7, 11) is 0. The molecule has 0 bridgehead atoms. The summed E-state index contributed by atoms with van der Waals surface area (Å²) in [5, 5.41) is 14.7. The number of nitrogen functional groups attached to an aromatic ring is 1. The number of anilines is 1. The molecule has 1 heterocycles. The van der Waals surface area contributed by atoms with Crippen molar-refractivity contribution in [1.82, 2.24) is 4.98 Å². The summed E-state index contributed by atoms with van der Waals surface area (Å²) in [6.07, 6.45) is -0.668.